The normalized spacial score (nSPS) is 10.4. The van der Waals surface area contributed by atoms with Crippen LogP contribution >= 0.6 is 11.3 Å². The Bertz CT molecular complexity index is 299. The standard InChI is InChI=1S/C8H11NO2S.C2H6/c1-8(2,3)7-9-4-5(12-7)6(10)11;1-2/h4H,1-3H3,(H,10,11);1-2H3. The first kappa shape index (κ1) is 13.1. The molecule has 0 aromatic carbocycles. The molecule has 1 N–H and O–H groups in total. The second-order valence-electron chi connectivity index (χ2n) is 3.58. The lowest BCUT2D eigenvalue weighted by Crippen LogP contribution is -2.09. The summed E-state index contributed by atoms with van der Waals surface area (Å²) in [4.78, 5) is 14.9. The van der Waals surface area contributed by atoms with E-state index in [4.69, 9.17) is 5.11 Å². The van der Waals surface area contributed by atoms with Crippen molar-refractivity contribution in [2.45, 2.75) is 40.0 Å². The molecule has 3 nitrogen and oxygen atoms in total. The zero-order chi connectivity index (χ0) is 11.4. The predicted octanol–water partition coefficient (Wildman–Crippen LogP) is 3.17. The number of carbonyl (C=O) groups is 1. The quantitative estimate of drug-likeness (QED) is 0.782. The van der Waals surface area contributed by atoms with Gasteiger partial charge in [-0.25, -0.2) is 9.78 Å². The SMILES string of the molecule is CC.CC(C)(C)c1ncc(C(=O)O)s1. The number of carboxylic acids is 1. The molecule has 1 aromatic heterocycles. The highest BCUT2D eigenvalue weighted by Gasteiger charge is 2.19. The van der Waals surface area contributed by atoms with Crippen molar-refractivity contribution in [1.29, 1.82) is 0 Å². The minimum Gasteiger partial charge on any atom is -0.477 e. The molecule has 0 aliphatic carbocycles. The van der Waals surface area contributed by atoms with Crippen LogP contribution in [-0.2, 0) is 5.41 Å². The van der Waals surface area contributed by atoms with Gasteiger partial charge in [0.2, 0.25) is 0 Å². The summed E-state index contributed by atoms with van der Waals surface area (Å²) >= 11 is 1.24. The third kappa shape index (κ3) is 3.46. The lowest BCUT2D eigenvalue weighted by molar-refractivity contribution is 0.0702. The van der Waals surface area contributed by atoms with Gasteiger partial charge in [-0.05, 0) is 0 Å². The Balaban J connectivity index is 0.000000791. The van der Waals surface area contributed by atoms with Gasteiger partial charge < -0.3 is 5.11 Å². The molecule has 0 aliphatic heterocycles. The van der Waals surface area contributed by atoms with E-state index in [1.807, 2.05) is 34.6 Å². The molecule has 0 atom stereocenters. The molecular formula is C10H17NO2S. The van der Waals surface area contributed by atoms with E-state index in [0.29, 0.717) is 4.88 Å². The minimum absolute atomic E-state index is 0.0572. The molecule has 14 heavy (non-hydrogen) atoms. The molecule has 0 radical (unpaired) electrons. The molecule has 0 fully saturated rings. The smallest absolute Gasteiger partial charge is 0.347 e. The number of rotatable bonds is 1. The monoisotopic (exact) mass is 215 g/mol. The van der Waals surface area contributed by atoms with E-state index in [2.05, 4.69) is 4.98 Å². The van der Waals surface area contributed by atoms with Crippen LogP contribution in [0.1, 0.15) is 49.3 Å². The number of nitrogens with zero attached hydrogens (tertiary/aromatic N) is 1. The van der Waals surface area contributed by atoms with Gasteiger partial charge in [0.05, 0.1) is 11.2 Å². The zero-order valence-corrected chi connectivity index (χ0v) is 10.1. The maximum Gasteiger partial charge on any atom is 0.347 e. The highest BCUT2D eigenvalue weighted by Crippen LogP contribution is 2.26. The van der Waals surface area contributed by atoms with Gasteiger partial charge in [-0.1, -0.05) is 34.6 Å². The van der Waals surface area contributed by atoms with Crippen LogP contribution in [0.4, 0.5) is 0 Å². The first-order valence-electron chi connectivity index (χ1n) is 4.61. The van der Waals surface area contributed by atoms with Gasteiger partial charge >= 0.3 is 5.97 Å². The summed E-state index contributed by atoms with van der Waals surface area (Å²) < 4.78 is 0. The van der Waals surface area contributed by atoms with Gasteiger partial charge in [-0.2, -0.15) is 0 Å². The molecule has 4 heteroatoms. The second-order valence-corrected chi connectivity index (χ2v) is 4.62. The number of hydrogen-bond acceptors (Lipinski definition) is 3. The van der Waals surface area contributed by atoms with Crippen LogP contribution in [0.3, 0.4) is 0 Å². The van der Waals surface area contributed by atoms with Crippen molar-refractivity contribution in [3.05, 3.63) is 16.1 Å². The van der Waals surface area contributed by atoms with Gasteiger partial charge in [0.25, 0.3) is 0 Å². The van der Waals surface area contributed by atoms with Gasteiger partial charge in [0.15, 0.2) is 0 Å². The van der Waals surface area contributed by atoms with Crippen molar-refractivity contribution >= 4 is 17.3 Å². The summed E-state index contributed by atoms with van der Waals surface area (Å²) in [5.41, 5.74) is -0.0572. The van der Waals surface area contributed by atoms with Crippen LogP contribution in [-0.4, -0.2) is 16.1 Å². The van der Waals surface area contributed by atoms with Crippen molar-refractivity contribution in [2.24, 2.45) is 0 Å². The summed E-state index contributed by atoms with van der Waals surface area (Å²) in [6, 6.07) is 0. The van der Waals surface area contributed by atoms with E-state index >= 15 is 0 Å². The molecule has 0 spiro atoms. The molecule has 1 rings (SSSR count). The fourth-order valence-electron chi connectivity index (χ4n) is 0.720. The predicted molar refractivity (Wildman–Crippen MR) is 59.1 cm³/mol. The summed E-state index contributed by atoms with van der Waals surface area (Å²) in [6.07, 6.45) is 1.41. The van der Waals surface area contributed by atoms with Gasteiger partial charge in [0, 0.05) is 5.41 Å². The minimum atomic E-state index is -0.900. The Morgan fingerprint density at radius 1 is 1.43 bits per heavy atom. The maximum absolute atomic E-state index is 10.5. The van der Waals surface area contributed by atoms with Crippen molar-refractivity contribution in [3.8, 4) is 0 Å². The zero-order valence-electron chi connectivity index (χ0n) is 9.29. The summed E-state index contributed by atoms with van der Waals surface area (Å²) in [7, 11) is 0. The Morgan fingerprint density at radius 2 is 1.93 bits per heavy atom. The van der Waals surface area contributed by atoms with Crippen LogP contribution < -0.4 is 0 Å². The van der Waals surface area contributed by atoms with E-state index in [1.165, 1.54) is 17.5 Å². The average Bonchev–Trinajstić information content (AvgIpc) is 2.54. The Kier molecular flexibility index (Phi) is 4.77. The van der Waals surface area contributed by atoms with E-state index < -0.39 is 5.97 Å². The van der Waals surface area contributed by atoms with Gasteiger partial charge in [-0.15, -0.1) is 11.3 Å². The van der Waals surface area contributed by atoms with Gasteiger partial charge in [0.1, 0.15) is 4.88 Å². The van der Waals surface area contributed by atoms with Crippen molar-refractivity contribution in [2.75, 3.05) is 0 Å². The highest BCUT2D eigenvalue weighted by atomic mass is 32.1. The molecule has 0 unspecified atom stereocenters. The first-order valence-corrected chi connectivity index (χ1v) is 5.42. The fraction of sp³-hybridized carbons (Fsp3) is 0.600. The third-order valence-electron chi connectivity index (χ3n) is 1.36. The largest absolute Gasteiger partial charge is 0.477 e. The lowest BCUT2D eigenvalue weighted by Gasteiger charge is -2.13. The topological polar surface area (TPSA) is 50.2 Å². The van der Waals surface area contributed by atoms with Crippen LogP contribution in [0.25, 0.3) is 0 Å². The summed E-state index contributed by atoms with van der Waals surface area (Å²) in [5, 5.41) is 9.50. The van der Waals surface area contributed by atoms with Crippen LogP contribution in [0.15, 0.2) is 6.20 Å². The van der Waals surface area contributed by atoms with Gasteiger partial charge in [-0.3, -0.25) is 0 Å². The third-order valence-corrected chi connectivity index (χ3v) is 2.77. The molecule has 0 bridgehead atoms. The molecule has 0 amide bonds. The fourth-order valence-corrected chi connectivity index (χ4v) is 1.53. The number of aromatic nitrogens is 1. The van der Waals surface area contributed by atoms with E-state index in [0.717, 1.165) is 5.01 Å². The molecular weight excluding hydrogens is 198 g/mol. The molecule has 0 aliphatic rings. The maximum atomic E-state index is 10.5. The van der Waals surface area contributed by atoms with E-state index in [-0.39, 0.29) is 5.41 Å². The second kappa shape index (κ2) is 5.10. The number of carboxylic acid groups (broad SMARTS) is 1. The number of thiazole rings is 1. The molecule has 80 valence electrons. The van der Waals surface area contributed by atoms with E-state index in [1.54, 1.807) is 0 Å². The van der Waals surface area contributed by atoms with Crippen LogP contribution in [0.2, 0.25) is 0 Å². The Morgan fingerprint density at radius 3 is 2.14 bits per heavy atom. The summed E-state index contributed by atoms with van der Waals surface area (Å²) in [5.74, 6) is -0.900. The number of hydrogen-bond donors (Lipinski definition) is 1. The first-order chi connectivity index (χ1) is 6.41. The number of aromatic carboxylic acids is 1. The average molecular weight is 215 g/mol. The highest BCUT2D eigenvalue weighted by molar-refractivity contribution is 7.13. The van der Waals surface area contributed by atoms with Crippen LogP contribution in [0, 0.1) is 0 Å². The van der Waals surface area contributed by atoms with Crippen LogP contribution in [0.5, 0.6) is 0 Å². The molecule has 0 saturated heterocycles. The Hall–Kier alpha value is -0.900. The van der Waals surface area contributed by atoms with Crippen molar-refractivity contribution in [3.63, 3.8) is 0 Å². The van der Waals surface area contributed by atoms with E-state index in [9.17, 15) is 4.79 Å². The molecule has 1 heterocycles. The molecule has 1 aromatic rings. The van der Waals surface area contributed by atoms with Crippen molar-refractivity contribution in [1.82, 2.24) is 4.98 Å². The Labute approximate surface area is 88.8 Å². The molecule has 0 saturated carbocycles. The lowest BCUT2D eigenvalue weighted by atomic mass is 9.98. The summed E-state index contributed by atoms with van der Waals surface area (Å²) in [6.45, 7) is 10.0. The van der Waals surface area contributed by atoms with Crippen molar-refractivity contribution < 1.29 is 9.90 Å².